The molecule has 1 heterocycles. The molecule has 0 saturated carbocycles. The summed E-state index contributed by atoms with van der Waals surface area (Å²) in [7, 11) is 0. The largest absolute Gasteiger partial charge is 0.356 e. The molecule has 0 unspecified atom stereocenters. The zero-order chi connectivity index (χ0) is 20.5. The van der Waals surface area contributed by atoms with E-state index in [-0.39, 0.29) is 29.9 Å². The minimum absolute atomic E-state index is 0. The fourth-order valence-electron chi connectivity index (χ4n) is 2.71. The molecule has 0 radical (unpaired) electrons. The summed E-state index contributed by atoms with van der Waals surface area (Å²) in [6.07, 6.45) is 1.61. The molecule has 0 saturated heterocycles. The van der Waals surface area contributed by atoms with Gasteiger partial charge in [-0.2, -0.15) is 4.98 Å². The number of halogens is 1. The molecule has 2 N–H and O–H groups in total. The number of anilines is 1. The molecular weight excluding hydrogens is 489 g/mol. The molecule has 0 aliphatic carbocycles. The summed E-state index contributed by atoms with van der Waals surface area (Å²) < 4.78 is 5.31. The van der Waals surface area contributed by atoms with E-state index in [4.69, 9.17) is 9.52 Å². The highest BCUT2D eigenvalue weighted by Gasteiger charge is 2.09. The van der Waals surface area contributed by atoms with Gasteiger partial charge >= 0.3 is 0 Å². The second-order valence-corrected chi connectivity index (χ2v) is 7.37. The number of hydrogen-bond donors (Lipinski definition) is 2. The van der Waals surface area contributed by atoms with Crippen LogP contribution in [0.1, 0.15) is 49.0 Å². The van der Waals surface area contributed by atoms with Gasteiger partial charge in [-0.25, -0.2) is 4.99 Å². The molecule has 0 atom stereocenters. The molecule has 160 valence electrons. The van der Waals surface area contributed by atoms with Crippen LogP contribution in [-0.2, 0) is 13.0 Å². The van der Waals surface area contributed by atoms with Crippen molar-refractivity contribution in [2.45, 2.75) is 46.1 Å². The highest BCUT2D eigenvalue weighted by Crippen LogP contribution is 2.11. The van der Waals surface area contributed by atoms with Crippen molar-refractivity contribution in [2.24, 2.45) is 4.99 Å². The Morgan fingerprint density at radius 2 is 1.80 bits per heavy atom. The molecule has 3 rings (SSSR count). The highest BCUT2D eigenvalue weighted by molar-refractivity contribution is 14.0. The van der Waals surface area contributed by atoms with Gasteiger partial charge in [-0.3, -0.25) is 0 Å². The van der Waals surface area contributed by atoms with Gasteiger partial charge in [-0.05, 0) is 31.0 Å². The number of nitrogens with zero attached hydrogens (tertiary/aromatic N) is 3. The number of hydrogen-bond acceptors (Lipinski definition) is 4. The SMILES string of the molecule is Cc1ccc(CN=C(NCCCc2nc(C(C)C)no2)Nc2ccccc2)cc1.I. The van der Waals surface area contributed by atoms with Gasteiger partial charge in [-0.1, -0.05) is 67.0 Å². The average molecular weight is 519 g/mol. The fourth-order valence-corrected chi connectivity index (χ4v) is 2.71. The first-order valence-corrected chi connectivity index (χ1v) is 10.1. The quantitative estimate of drug-likeness (QED) is 0.183. The summed E-state index contributed by atoms with van der Waals surface area (Å²) in [5.74, 6) is 2.48. The Morgan fingerprint density at radius 3 is 2.47 bits per heavy atom. The Balaban J connectivity index is 0.00000320. The zero-order valence-electron chi connectivity index (χ0n) is 17.8. The summed E-state index contributed by atoms with van der Waals surface area (Å²) >= 11 is 0. The normalized spacial score (nSPS) is 11.3. The maximum absolute atomic E-state index is 5.31. The maximum atomic E-state index is 5.31. The number of benzene rings is 2. The molecule has 1 aromatic heterocycles. The van der Waals surface area contributed by atoms with Crippen LogP contribution in [0.15, 0.2) is 64.1 Å². The molecule has 7 heteroatoms. The van der Waals surface area contributed by atoms with Crippen LogP contribution in [0.2, 0.25) is 0 Å². The summed E-state index contributed by atoms with van der Waals surface area (Å²) in [6, 6.07) is 18.5. The van der Waals surface area contributed by atoms with Crippen LogP contribution >= 0.6 is 24.0 Å². The maximum Gasteiger partial charge on any atom is 0.226 e. The van der Waals surface area contributed by atoms with Gasteiger partial charge in [0.25, 0.3) is 0 Å². The number of para-hydroxylation sites is 1. The Labute approximate surface area is 195 Å². The van der Waals surface area contributed by atoms with E-state index in [0.29, 0.717) is 12.4 Å². The lowest BCUT2D eigenvalue weighted by molar-refractivity contribution is 0.368. The molecule has 0 aliphatic rings. The van der Waals surface area contributed by atoms with Gasteiger partial charge in [0.05, 0.1) is 6.54 Å². The predicted molar refractivity (Wildman–Crippen MR) is 133 cm³/mol. The number of aromatic nitrogens is 2. The molecule has 0 spiro atoms. The molecule has 2 aromatic carbocycles. The fraction of sp³-hybridized carbons (Fsp3) is 0.348. The van der Waals surface area contributed by atoms with E-state index in [1.807, 2.05) is 30.3 Å². The van der Waals surface area contributed by atoms with E-state index >= 15 is 0 Å². The van der Waals surface area contributed by atoms with Crippen molar-refractivity contribution in [1.29, 1.82) is 0 Å². The summed E-state index contributed by atoms with van der Waals surface area (Å²) in [6.45, 7) is 7.57. The third-order valence-electron chi connectivity index (χ3n) is 4.44. The summed E-state index contributed by atoms with van der Waals surface area (Å²) in [5, 5.41) is 10.8. The minimum atomic E-state index is 0. The lowest BCUT2D eigenvalue weighted by atomic mass is 10.1. The monoisotopic (exact) mass is 519 g/mol. The summed E-state index contributed by atoms with van der Waals surface area (Å²) in [5.41, 5.74) is 3.43. The summed E-state index contributed by atoms with van der Waals surface area (Å²) in [4.78, 5) is 9.16. The van der Waals surface area contributed by atoms with E-state index in [9.17, 15) is 0 Å². The van der Waals surface area contributed by atoms with Crippen LogP contribution in [0.3, 0.4) is 0 Å². The van der Waals surface area contributed by atoms with Crippen LogP contribution in [0.5, 0.6) is 0 Å². The van der Waals surface area contributed by atoms with Gasteiger partial charge in [0.1, 0.15) is 0 Å². The number of rotatable bonds is 8. The second-order valence-electron chi connectivity index (χ2n) is 7.37. The van der Waals surface area contributed by atoms with Crippen molar-refractivity contribution >= 4 is 35.6 Å². The third-order valence-corrected chi connectivity index (χ3v) is 4.44. The highest BCUT2D eigenvalue weighted by atomic mass is 127. The van der Waals surface area contributed by atoms with Crippen molar-refractivity contribution < 1.29 is 4.52 Å². The van der Waals surface area contributed by atoms with Crippen molar-refractivity contribution in [1.82, 2.24) is 15.5 Å². The van der Waals surface area contributed by atoms with E-state index in [1.165, 1.54) is 11.1 Å². The van der Waals surface area contributed by atoms with Crippen molar-refractivity contribution in [2.75, 3.05) is 11.9 Å². The predicted octanol–water partition coefficient (Wildman–Crippen LogP) is 5.31. The van der Waals surface area contributed by atoms with Gasteiger partial charge in [0.15, 0.2) is 11.8 Å². The van der Waals surface area contributed by atoms with Crippen LogP contribution in [0.4, 0.5) is 5.69 Å². The molecule has 30 heavy (non-hydrogen) atoms. The average Bonchev–Trinajstić information content (AvgIpc) is 3.20. The van der Waals surface area contributed by atoms with Crippen LogP contribution in [0.25, 0.3) is 0 Å². The van der Waals surface area contributed by atoms with E-state index in [1.54, 1.807) is 0 Å². The van der Waals surface area contributed by atoms with E-state index in [0.717, 1.165) is 36.9 Å². The molecule has 6 nitrogen and oxygen atoms in total. The van der Waals surface area contributed by atoms with Gasteiger partial charge in [0, 0.05) is 24.6 Å². The first kappa shape index (κ1) is 23.9. The molecular formula is C23H30IN5O. The molecule has 0 aliphatic heterocycles. The van der Waals surface area contributed by atoms with Crippen LogP contribution in [0, 0.1) is 6.92 Å². The smallest absolute Gasteiger partial charge is 0.226 e. The third kappa shape index (κ3) is 7.78. The van der Waals surface area contributed by atoms with Gasteiger partial charge in [0.2, 0.25) is 5.89 Å². The van der Waals surface area contributed by atoms with Crippen molar-refractivity contribution in [3.63, 3.8) is 0 Å². The number of aliphatic imine (C=N–C) groups is 1. The zero-order valence-corrected chi connectivity index (χ0v) is 20.1. The van der Waals surface area contributed by atoms with Crippen LogP contribution < -0.4 is 10.6 Å². The molecule has 3 aromatic rings. The first-order valence-electron chi connectivity index (χ1n) is 10.1. The van der Waals surface area contributed by atoms with Crippen LogP contribution in [-0.4, -0.2) is 22.6 Å². The molecule has 0 amide bonds. The Hall–Kier alpha value is -2.42. The lowest BCUT2D eigenvalue weighted by Gasteiger charge is -2.12. The minimum Gasteiger partial charge on any atom is -0.356 e. The van der Waals surface area contributed by atoms with Gasteiger partial charge in [-0.15, -0.1) is 24.0 Å². The number of guanidine groups is 1. The second kappa shape index (κ2) is 12.3. The lowest BCUT2D eigenvalue weighted by Crippen LogP contribution is -2.32. The molecule has 0 bridgehead atoms. The van der Waals surface area contributed by atoms with E-state index < -0.39 is 0 Å². The van der Waals surface area contributed by atoms with Crippen molar-refractivity contribution in [3.8, 4) is 0 Å². The van der Waals surface area contributed by atoms with Gasteiger partial charge < -0.3 is 15.2 Å². The van der Waals surface area contributed by atoms with Crippen molar-refractivity contribution in [3.05, 3.63) is 77.4 Å². The standard InChI is InChI=1S/C23H29N5O.HI/c1-17(2)22-27-21(29-28-22)10-7-15-24-23(26-20-8-5-4-6-9-20)25-16-19-13-11-18(3)12-14-19;/h4-6,8-9,11-14,17H,7,10,15-16H2,1-3H3,(H2,24,25,26);1H. The number of nitrogens with one attached hydrogen (secondary N) is 2. The molecule has 0 fully saturated rings. The number of aryl methyl sites for hydroxylation is 2. The Morgan fingerprint density at radius 1 is 1.07 bits per heavy atom. The Bertz CT molecular complexity index is 907. The van der Waals surface area contributed by atoms with E-state index in [2.05, 4.69) is 65.8 Å². The Kier molecular flexibility index (Phi) is 9.79. The topological polar surface area (TPSA) is 75.3 Å². The first-order chi connectivity index (χ1) is 14.1.